The summed E-state index contributed by atoms with van der Waals surface area (Å²) in [6, 6.07) is 87.7. The van der Waals surface area contributed by atoms with E-state index >= 15 is 0 Å². The first-order valence-corrected chi connectivity index (χ1v) is 26.1. The molecular weight excluding hydrogens is 925 g/mol. The van der Waals surface area contributed by atoms with Gasteiger partial charge in [-0.1, -0.05) is 184 Å². The summed E-state index contributed by atoms with van der Waals surface area (Å²) in [7, 11) is 0. The first kappa shape index (κ1) is 42.6. The van der Waals surface area contributed by atoms with Crippen molar-refractivity contribution in [2.24, 2.45) is 0 Å². The summed E-state index contributed by atoms with van der Waals surface area (Å²) < 4.78 is 11.4. The molecule has 0 radical (unpaired) electrons. The van der Waals surface area contributed by atoms with Crippen LogP contribution < -0.4 is 0 Å². The molecule has 4 aromatic heterocycles. The van der Waals surface area contributed by atoms with Gasteiger partial charge in [-0.3, -0.25) is 4.57 Å². The average molecular weight is 971 g/mol. The van der Waals surface area contributed by atoms with E-state index < -0.39 is 0 Å². The molecule has 0 atom stereocenters. The van der Waals surface area contributed by atoms with Crippen molar-refractivity contribution in [1.82, 2.24) is 19.1 Å². The van der Waals surface area contributed by atoms with E-state index in [0.29, 0.717) is 5.95 Å². The van der Waals surface area contributed by atoms with E-state index in [1.807, 2.05) is 0 Å². The molecule has 0 saturated carbocycles. The lowest BCUT2D eigenvalue weighted by atomic mass is 9.82. The number of hydrogen-bond donors (Lipinski definition) is 0. The lowest BCUT2D eigenvalue weighted by Gasteiger charge is -2.21. The van der Waals surface area contributed by atoms with Gasteiger partial charge in [-0.05, 0) is 128 Å². The van der Waals surface area contributed by atoms with Crippen LogP contribution in [0.4, 0.5) is 0 Å². The fourth-order valence-electron chi connectivity index (χ4n) is 12.8. The van der Waals surface area contributed by atoms with Gasteiger partial charge in [-0.25, -0.2) is 9.97 Å². The van der Waals surface area contributed by atoms with Crippen molar-refractivity contribution in [3.63, 3.8) is 0 Å². The SMILES string of the molecule is CC1(C)c2ccccc2-c2cc3c(cc21)c1cc(-c2cccc4oc5ccc(-c6cccc7c6c6ccccc6n7-c6ccccc6)cc5c24)ccc1n3-c1nc(-c2ccc(-c3ccccc3)cc2)c2ccccc2n1. The Labute approximate surface area is 438 Å². The highest BCUT2D eigenvalue weighted by Gasteiger charge is 2.36. The number of rotatable bonds is 6. The van der Waals surface area contributed by atoms with Crippen molar-refractivity contribution >= 4 is 76.5 Å². The summed E-state index contributed by atoms with van der Waals surface area (Å²) in [5.74, 6) is 0.636. The number of furan rings is 1. The van der Waals surface area contributed by atoms with Gasteiger partial charge in [0.2, 0.25) is 5.95 Å². The molecule has 16 rings (SSSR count). The molecule has 0 spiro atoms. The van der Waals surface area contributed by atoms with E-state index in [9.17, 15) is 0 Å². The molecule has 5 heteroatoms. The molecule has 1 aliphatic rings. The van der Waals surface area contributed by atoms with Crippen LogP contribution in [0.1, 0.15) is 25.0 Å². The molecule has 0 fully saturated rings. The van der Waals surface area contributed by atoms with Gasteiger partial charge in [0.05, 0.1) is 33.3 Å². The van der Waals surface area contributed by atoms with Crippen LogP contribution in [0.25, 0.3) is 144 Å². The second-order valence-corrected chi connectivity index (χ2v) is 20.9. The maximum atomic E-state index is 6.74. The predicted molar refractivity (Wildman–Crippen MR) is 315 cm³/mol. The normalized spacial score (nSPS) is 13.0. The molecular formula is C71H46N4O. The Morgan fingerprint density at radius 1 is 0.342 bits per heavy atom. The fraction of sp³-hybridized carbons (Fsp3) is 0.0423. The zero-order valence-electron chi connectivity index (χ0n) is 41.8. The van der Waals surface area contributed by atoms with Gasteiger partial charge >= 0.3 is 0 Å². The van der Waals surface area contributed by atoms with Gasteiger partial charge in [-0.2, -0.15) is 0 Å². The van der Waals surface area contributed by atoms with Crippen LogP contribution in [0.2, 0.25) is 0 Å². The zero-order chi connectivity index (χ0) is 50.2. The fourth-order valence-corrected chi connectivity index (χ4v) is 12.8. The van der Waals surface area contributed by atoms with Gasteiger partial charge in [0.1, 0.15) is 11.2 Å². The third kappa shape index (κ3) is 6.20. The summed E-state index contributed by atoms with van der Waals surface area (Å²) >= 11 is 0. The Bertz CT molecular complexity index is 4880. The van der Waals surface area contributed by atoms with Gasteiger partial charge < -0.3 is 8.98 Å². The summed E-state index contributed by atoms with van der Waals surface area (Å²) in [6.07, 6.45) is 0. The monoisotopic (exact) mass is 970 g/mol. The van der Waals surface area contributed by atoms with E-state index in [0.717, 1.165) is 88.3 Å². The first-order valence-electron chi connectivity index (χ1n) is 26.1. The van der Waals surface area contributed by atoms with Gasteiger partial charge in [-0.15, -0.1) is 0 Å². The van der Waals surface area contributed by atoms with Gasteiger partial charge in [0.25, 0.3) is 0 Å². The Morgan fingerprint density at radius 2 is 0.947 bits per heavy atom. The van der Waals surface area contributed by atoms with E-state index in [4.69, 9.17) is 14.4 Å². The van der Waals surface area contributed by atoms with E-state index in [-0.39, 0.29) is 5.41 Å². The Morgan fingerprint density at radius 3 is 1.79 bits per heavy atom. The molecule has 1 aliphatic carbocycles. The Hall–Kier alpha value is -9.84. The highest BCUT2D eigenvalue weighted by atomic mass is 16.3. The molecule has 0 bridgehead atoms. The molecule has 4 heterocycles. The highest BCUT2D eigenvalue weighted by molar-refractivity contribution is 6.19. The largest absolute Gasteiger partial charge is 0.456 e. The van der Waals surface area contributed by atoms with Crippen LogP contribution in [-0.2, 0) is 5.41 Å². The maximum absolute atomic E-state index is 6.74. The molecule has 0 N–H and O–H groups in total. The lowest BCUT2D eigenvalue weighted by Crippen LogP contribution is -2.14. The van der Waals surface area contributed by atoms with Crippen molar-refractivity contribution in [1.29, 1.82) is 0 Å². The molecule has 5 nitrogen and oxygen atoms in total. The maximum Gasteiger partial charge on any atom is 0.235 e. The summed E-state index contributed by atoms with van der Waals surface area (Å²) in [6.45, 7) is 4.72. The minimum absolute atomic E-state index is 0.190. The number of nitrogens with zero attached hydrogens (tertiary/aromatic N) is 4. The Kier molecular flexibility index (Phi) is 9.02. The van der Waals surface area contributed by atoms with Crippen LogP contribution in [0, 0.1) is 0 Å². The Balaban J connectivity index is 0.907. The van der Waals surface area contributed by atoms with Crippen LogP contribution in [0.3, 0.4) is 0 Å². The van der Waals surface area contributed by atoms with E-state index in [1.165, 1.54) is 60.8 Å². The predicted octanol–water partition coefficient (Wildman–Crippen LogP) is 18.7. The number of benzene rings is 11. The van der Waals surface area contributed by atoms with Gasteiger partial charge in [0, 0.05) is 54.4 Å². The molecule has 0 amide bonds. The van der Waals surface area contributed by atoms with Gasteiger partial charge in [0.15, 0.2) is 0 Å². The average Bonchev–Trinajstić information content (AvgIpc) is 4.33. The number of para-hydroxylation sites is 3. The number of hydrogen-bond acceptors (Lipinski definition) is 3. The third-order valence-corrected chi connectivity index (χ3v) is 16.4. The highest BCUT2D eigenvalue weighted by Crippen LogP contribution is 2.52. The van der Waals surface area contributed by atoms with Crippen molar-refractivity contribution in [3.8, 4) is 67.4 Å². The standard InChI is InChI=1S/C71H46N4O/c1-71(2)58-26-12-9-21-51(58)54-42-64-56(41-59(54)71)55-39-46(35-37-62(55)75(64)70-72-60-27-13-10-22-52(60)69(73-70)45-33-31-44(32-34-45)43-17-5-3-6-18-43)50-25-16-30-66-68(50)57-40-47(36-38-65(57)76-66)49-24-15-29-63-67(49)53-23-11-14-28-61(53)74(63)48-19-7-4-8-20-48/h3-42H,1-2H3. The zero-order valence-corrected chi connectivity index (χ0v) is 41.8. The molecule has 11 aromatic carbocycles. The minimum Gasteiger partial charge on any atom is -0.456 e. The quantitative estimate of drug-likeness (QED) is 0.167. The molecule has 0 aliphatic heterocycles. The summed E-state index contributed by atoms with van der Waals surface area (Å²) in [5.41, 5.74) is 22.1. The summed E-state index contributed by atoms with van der Waals surface area (Å²) in [4.78, 5) is 11.0. The molecule has 15 aromatic rings. The van der Waals surface area contributed by atoms with Crippen LogP contribution in [0.5, 0.6) is 0 Å². The topological polar surface area (TPSA) is 48.8 Å². The van der Waals surface area contributed by atoms with Crippen molar-refractivity contribution in [2.75, 3.05) is 0 Å². The van der Waals surface area contributed by atoms with Crippen molar-refractivity contribution < 1.29 is 4.42 Å². The number of aromatic nitrogens is 4. The smallest absolute Gasteiger partial charge is 0.235 e. The molecule has 0 saturated heterocycles. The second kappa shape index (κ2) is 16.1. The van der Waals surface area contributed by atoms with Crippen molar-refractivity contribution in [3.05, 3.63) is 254 Å². The second-order valence-electron chi connectivity index (χ2n) is 20.9. The summed E-state index contributed by atoms with van der Waals surface area (Å²) in [5, 5.41) is 7.95. The van der Waals surface area contributed by atoms with Crippen LogP contribution >= 0.6 is 0 Å². The van der Waals surface area contributed by atoms with Crippen LogP contribution in [0.15, 0.2) is 247 Å². The van der Waals surface area contributed by atoms with Crippen LogP contribution in [-0.4, -0.2) is 19.1 Å². The molecule has 0 unspecified atom stereocenters. The minimum atomic E-state index is -0.190. The molecule has 76 heavy (non-hydrogen) atoms. The van der Waals surface area contributed by atoms with E-state index in [1.54, 1.807) is 0 Å². The number of fused-ring (bicyclic) bond motifs is 13. The van der Waals surface area contributed by atoms with Crippen molar-refractivity contribution in [2.45, 2.75) is 19.3 Å². The lowest BCUT2D eigenvalue weighted by molar-refractivity contribution is 0.661. The third-order valence-electron chi connectivity index (χ3n) is 16.4. The first-order chi connectivity index (χ1) is 37.4. The van der Waals surface area contributed by atoms with E-state index in [2.05, 4.69) is 266 Å². The molecule has 356 valence electrons.